The topological polar surface area (TPSA) is 45.2 Å². The summed E-state index contributed by atoms with van der Waals surface area (Å²) in [4.78, 5) is 18.0. The van der Waals surface area contributed by atoms with E-state index in [4.69, 9.17) is 0 Å². The molecule has 0 spiro atoms. The maximum Gasteiger partial charge on any atom is 0.390 e. The van der Waals surface area contributed by atoms with Gasteiger partial charge in [-0.25, -0.2) is 4.98 Å². The first-order valence-corrected chi connectivity index (χ1v) is 9.30. The van der Waals surface area contributed by atoms with Crippen LogP contribution in [0, 0.1) is 6.92 Å². The summed E-state index contributed by atoms with van der Waals surface area (Å²) < 4.78 is 38.0. The summed E-state index contributed by atoms with van der Waals surface area (Å²) in [5.74, 6) is 0.169. The zero-order valence-electron chi connectivity index (χ0n) is 15.1. The van der Waals surface area contributed by atoms with Crippen molar-refractivity contribution in [3.8, 4) is 0 Å². The second-order valence-corrected chi connectivity index (χ2v) is 7.00. The highest BCUT2D eigenvalue weighted by Crippen LogP contribution is 2.25. The van der Waals surface area contributed by atoms with E-state index < -0.39 is 12.6 Å². The van der Waals surface area contributed by atoms with Crippen LogP contribution < -0.4 is 10.2 Å². The number of anilines is 2. The number of hydrogen-bond acceptors (Lipinski definition) is 3. The third kappa shape index (κ3) is 7.21. The van der Waals surface area contributed by atoms with Gasteiger partial charge < -0.3 is 10.2 Å². The molecule has 0 unspecified atom stereocenters. The Morgan fingerprint density at radius 3 is 2.48 bits per heavy atom. The van der Waals surface area contributed by atoms with Gasteiger partial charge in [0, 0.05) is 24.8 Å². The smallest absolute Gasteiger partial charge is 0.356 e. The van der Waals surface area contributed by atoms with Crippen molar-refractivity contribution < 1.29 is 18.0 Å². The molecule has 1 aromatic carbocycles. The number of hydrogen-bond donors (Lipinski definition) is 1. The van der Waals surface area contributed by atoms with Gasteiger partial charge in [-0.15, -0.1) is 0 Å². The highest BCUT2D eigenvalue weighted by Gasteiger charge is 2.28. The van der Waals surface area contributed by atoms with Crippen LogP contribution in [0.5, 0.6) is 0 Å². The van der Waals surface area contributed by atoms with Gasteiger partial charge >= 0.3 is 6.18 Å². The van der Waals surface area contributed by atoms with Gasteiger partial charge in [0.25, 0.3) is 0 Å². The van der Waals surface area contributed by atoms with Crippen molar-refractivity contribution in [2.45, 2.75) is 32.9 Å². The molecule has 0 radical (unpaired) electrons. The number of nitrogens with zero attached hydrogens (tertiary/aromatic N) is 2. The number of benzene rings is 1. The van der Waals surface area contributed by atoms with Crippen LogP contribution >= 0.6 is 15.9 Å². The molecule has 1 amide bonds. The summed E-state index contributed by atoms with van der Waals surface area (Å²) in [6.45, 7) is 3.91. The molecule has 2 aromatic rings. The Morgan fingerprint density at radius 2 is 1.89 bits per heavy atom. The van der Waals surface area contributed by atoms with E-state index in [0.29, 0.717) is 22.7 Å². The van der Waals surface area contributed by atoms with Crippen LogP contribution in [0.2, 0.25) is 0 Å². The number of pyridine rings is 1. The molecule has 146 valence electrons. The molecule has 1 aromatic heterocycles. The van der Waals surface area contributed by atoms with E-state index in [1.54, 1.807) is 19.1 Å². The van der Waals surface area contributed by atoms with Gasteiger partial charge in [-0.05, 0) is 41.4 Å². The number of halogens is 4. The molecule has 1 N–H and O–H groups in total. The summed E-state index contributed by atoms with van der Waals surface area (Å²) in [6, 6.07) is 10.8. The van der Waals surface area contributed by atoms with Gasteiger partial charge in [0.15, 0.2) is 0 Å². The largest absolute Gasteiger partial charge is 0.390 e. The molecule has 0 saturated heterocycles. The lowest BCUT2D eigenvalue weighted by Crippen LogP contribution is -2.28. The first kappa shape index (κ1) is 21.2. The van der Waals surface area contributed by atoms with Crippen molar-refractivity contribution in [3.05, 3.63) is 52.1 Å². The summed E-state index contributed by atoms with van der Waals surface area (Å²) >= 11 is 3.25. The van der Waals surface area contributed by atoms with Crippen LogP contribution in [0.15, 0.2) is 41.0 Å². The van der Waals surface area contributed by atoms with E-state index in [1.807, 2.05) is 31.2 Å². The monoisotopic (exact) mass is 443 g/mol. The molecule has 1 heterocycles. The average Bonchev–Trinajstić information content (AvgIpc) is 2.56. The molecule has 0 atom stereocenters. The third-order valence-corrected chi connectivity index (χ3v) is 4.33. The Bertz CT molecular complexity index is 779. The molecular formula is C19H21BrF3N3O. The molecule has 0 aliphatic carbocycles. The summed E-state index contributed by atoms with van der Waals surface area (Å²) in [7, 11) is 0. The number of rotatable bonds is 7. The Labute approximate surface area is 164 Å². The lowest BCUT2D eigenvalue weighted by atomic mass is 10.1. The fraction of sp³-hybridized carbons (Fsp3) is 0.368. The minimum atomic E-state index is -4.23. The van der Waals surface area contributed by atoms with Crippen molar-refractivity contribution in [1.82, 2.24) is 4.98 Å². The molecule has 8 heteroatoms. The second-order valence-electron chi connectivity index (χ2n) is 6.19. The van der Waals surface area contributed by atoms with Gasteiger partial charge in [0.1, 0.15) is 10.4 Å². The first-order chi connectivity index (χ1) is 12.7. The number of aryl methyl sites for hydroxylation is 1. The SMILES string of the molecule is CCN(CCC(F)(F)F)c1cc(NC(=O)Cc2ccc(C)cc2)cc(Br)n1. The van der Waals surface area contributed by atoms with Gasteiger partial charge in [-0.3, -0.25) is 4.79 Å². The van der Waals surface area contributed by atoms with Crippen molar-refractivity contribution in [1.29, 1.82) is 0 Å². The number of carbonyl (C=O) groups is 1. The van der Waals surface area contributed by atoms with Gasteiger partial charge in [-0.1, -0.05) is 29.8 Å². The van der Waals surface area contributed by atoms with Crippen molar-refractivity contribution >= 4 is 33.3 Å². The molecule has 0 aliphatic heterocycles. The molecule has 0 aliphatic rings. The fourth-order valence-corrected chi connectivity index (χ4v) is 2.94. The predicted molar refractivity (Wildman–Crippen MR) is 104 cm³/mol. The van der Waals surface area contributed by atoms with E-state index in [-0.39, 0.29) is 18.9 Å². The van der Waals surface area contributed by atoms with E-state index in [2.05, 4.69) is 26.2 Å². The molecule has 4 nitrogen and oxygen atoms in total. The second kappa shape index (κ2) is 9.21. The summed E-state index contributed by atoms with van der Waals surface area (Å²) in [5, 5.41) is 2.78. The number of amides is 1. The minimum Gasteiger partial charge on any atom is -0.356 e. The van der Waals surface area contributed by atoms with E-state index >= 15 is 0 Å². The quantitative estimate of drug-likeness (QED) is 0.604. The summed E-state index contributed by atoms with van der Waals surface area (Å²) in [5.41, 5.74) is 2.47. The zero-order valence-corrected chi connectivity index (χ0v) is 16.7. The lowest BCUT2D eigenvalue weighted by Gasteiger charge is -2.23. The summed E-state index contributed by atoms with van der Waals surface area (Å²) in [6.07, 6.45) is -4.95. The molecular weight excluding hydrogens is 423 g/mol. The van der Waals surface area contributed by atoms with Crippen LogP contribution in [-0.2, 0) is 11.2 Å². The molecule has 0 fully saturated rings. The van der Waals surface area contributed by atoms with E-state index in [9.17, 15) is 18.0 Å². The fourth-order valence-electron chi connectivity index (χ4n) is 2.51. The van der Waals surface area contributed by atoms with Crippen LogP contribution in [-0.4, -0.2) is 30.2 Å². The zero-order chi connectivity index (χ0) is 20.0. The van der Waals surface area contributed by atoms with Crippen molar-refractivity contribution in [2.24, 2.45) is 0 Å². The first-order valence-electron chi connectivity index (χ1n) is 8.51. The molecule has 2 rings (SSSR count). The van der Waals surface area contributed by atoms with Crippen molar-refractivity contribution in [2.75, 3.05) is 23.3 Å². The Hall–Kier alpha value is -2.09. The molecule has 0 bridgehead atoms. The Morgan fingerprint density at radius 1 is 1.22 bits per heavy atom. The van der Waals surface area contributed by atoms with Gasteiger partial charge in [0.2, 0.25) is 5.91 Å². The van der Waals surface area contributed by atoms with E-state index in [1.165, 1.54) is 4.90 Å². The molecule has 27 heavy (non-hydrogen) atoms. The lowest BCUT2D eigenvalue weighted by molar-refractivity contribution is -0.132. The number of carbonyl (C=O) groups excluding carboxylic acids is 1. The standard InChI is InChI=1S/C19H21BrF3N3O/c1-3-26(9-8-19(21,22)23)17-12-15(11-16(20)25-17)24-18(27)10-14-6-4-13(2)5-7-14/h4-7,11-12H,3,8-10H2,1-2H3,(H,24,25,27). The van der Waals surface area contributed by atoms with Crippen LogP contribution in [0.1, 0.15) is 24.5 Å². The highest BCUT2D eigenvalue weighted by molar-refractivity contribution is 9.10. The van der Waals surface area contributed by atoms with Gasteiger partial charge in [0.05, 0.1) is 12.8 Å². The Balaban J connectivity index is 2.08. The van der Waals surface area contributed by atoms with Crippen LogP contribution in [0.4, 0.5) is 24.7 Å². The maximum atomic E-state index is 12.5. The predicted octanol–water partition coefficient (Wildman–Crippen LogP) is 5.11. The number of nitrogens with one attached hydrogen (secondary N) is 1. The maximum absolute atomic E-state index is 12.5. The van der Waals surface area contributed by atoms with Gasteiger partial charge in [-0.2, -0.15) is 13.2 Å². The normalized spacial score (nSPS) is 11.3. The number of alkyl halides is 3. The van der Waals surface area contributed by atoms with Crippen molar-refractivity contribution in [3.63, 3.8) is 0 Å². The van der Waals surface area contributed by atoms with Crippen LogP contribution in [0.25, 0.3) is 0 Å². The minimum absolute atomic E-state index is 0.194. The number of aromatic nitrogens is 1. The average molecular weight is 444 g/mol. The Kier molecular flexibility index (Phi) is 7.24. The molecule has 0 saturated carbocycles. The highest BCUT2D eigenvalue weighted by atomic mass is 79.9. The van der Waals surface area contributed by atoms with E-state index in [0.717, 1.165) is 11.1 Å². The third-order valence-electron chi connectivity index (χ3n) is 3.92. The van der Waals surface area contributed by atoms with Crippen LogP contribution in [0.3, 0.4) is 0 Å².